The molecule has 0 aliphatic rings. The second-order valence-corrected chi connectivity index (χ2v) is 7.45. The second-order valence-electron chi connectivity index (χ2n) is 5.71. The van der Waals surface area contributed by atoms with Gasteiger partial charge in [-0.1, -0.05) is 24.3 Å². The van der Waals surface area contributed by atoms with Crippen LogP contribution in [-0.2, 0) is 16.6 Å². The summed E-state index contributed by atoms with van der Waals surface area (Å²) in [5.74, 6) is -0.448. The second kappa shape index (κ2) is 8.93. The van der Waals surface area contributed by atoms with E-state index < -0.39 is 33.1 Å². The van der Waals surface area contributed by atoms with Gasteiger partial charge in [-0.3, -0.25) is 0 Å². The molecule has 3 aromatic rings. The van der Waals surface area contributed by atoms with Gasteiger partial charge in [-0.2, -0.15) is 8.78 Å². The molecule has 0 aliphatic carbocycles. The molecule has 2 aromatic carbocycles. The SMILES string of the molecule is O=S(=O)(NCc1ccc(Oc2cccc(F)c2)nc1)c1ccccc1OC(F)F. The lowest BCUT2D eigenvalue weighted by molar-refractivity contribution is -0.0517. The van der Waals surface area contributed by atoms with Crippen LogP contribution in [0, 0.1) is 5.82 Å². The zero-order valence-electron chi connectivity index (χ0n) is 14.8. The molecule has 10 heteroatoms. The van der Waals surface area contributed by atoms with E-state index in [4.69, 9.17) is 4.74 Å². The van der Waals surface area contributed by atoms with E-state index in [-0.39, 0.29) is 18.2 Å². The molecule has 0 saturated carbocycles. The number of rotatable bonds is 8. The van der Waals surface area contributed by atoms with E-state index in [2.05, 4.69) is 14.4 Å². The van der Waals surface area contributed by atoms with E-state index in [1.807, 2.05) is 0 Å². The third-order valence-corrected chi connectivity index (χ3v) is 5.08. The molecule has 0 aliphatic heterocycles. The lowest BCUT2D eigenvalue weighted by Crippen LogP contribution is -2.24. The number of hydrogen-bond donors (Lipinski definition) is 1. The van der Waals surface area contributed by atoms with Crippen molar-refractivity contribution >= 4 is 10.0 Å². The first-order valence-electron chi connectivity index (χ1n) is 8.25. The number of aromatic nitrogens is 1. The van der Waals surface area contributed by atoms with Crippen molar-refractivity contribution in [1.82, 2.24) is 9.71 Å². The Morgan fingerprint density at radius 3 is 2.52 bits per heavy atom. The molecule has 0 fully saturated rings. The van der Waals surface area contributed by atoms with Crippen LogP contribution in [0.4, 0.5) is 13.2 Å². The van der Waals surface area contributed by atoms with E-state index in [1.165, 1.54) is 42.6 Å². The fraction of sp³-hybridized carbons (Fsp3) is 0.105. The number of pyridine rings is 1. The standard InChI is InChI=1S/C19H15F3N2O4S/c20-14-4-3-5-15(10-14)27-18-9-8-13(11-23-18)12-24-29(25,26)17-7-2-1-6-16(17)28-19(21)22/h1-11,19,24H,12H2. The van der Waals surface area contributed by atoms with Crippen LogP contribution in [0.2, 0.25) is 0 Å². The first kappa shape index (κ1) is 20.6. The zero-order valence-corrected chi connectivity index (χ0v) is 15.6. The Morgan fingerprint density at radius 2 is 1.83 bits per heavy atom. The number of halogens is 3. The summed E-state index contributed by atoms with van der Waals surface area (Å²) < 4.78 is 74.9. The zero-order chi connectivity index (χ0) is 20.9. The number of para-hydroxylation sites is 1. The van der Waals surface area contributed by atoms with Crippen LogP contribution in [0.15, 0.2) is 71.8 Å². The quantitative estimate of drug-likeness (QED) is 0.589. The largest absolute Gasteiger partial charge is 0.439 e. The van der Waals surface area contributed by atoms with Crippen LogP contribution >= 0.6 is 0 Å². The summed E-state index contributed by atoms with van der Waals surface area (Å²) >= 11 is 0. The lowest BCUT2D eigenvalue weighted by Gasteiger charge is -2.12. The monoisotopic (exact) mass is 424 g/mol. The highest BCUT2D eigenvalue weighted by Crippen LogP contribution is 2.25. The van der Waals surface area contributed by atoms with Gasteiger partial charge in [0.25, 0.3) is 0 Å². The fourth-order valence-corrected chi connectivity index (χ4v) is 3.50. The van der Waals surface area contributed by atoms with Crippen LogP contribution in [0.5, 0.6) is 17.4 Å². The molecule has 29 heavy (non-hydrogen) atoms. The summed E-state index contributed by atoms with van der Waals surface area (Å²) in [7, 11) is -4.11. The maximum Gasteiger partial charge on any atom is 0.387 e. The number of nitrogens with one attached hydrogen (secondary N) is 1. The number of alkyl halides is 2. The van der Waals surface area contributed by atoms with Gasteiger partial charge in [-0.05, 0) is 29.8 Å². The summed E-state index contributed by atoms with van der Waals surface area (Å²) in [5, 5.41) is 0. The Labute approximate surface area is 165 Å². The van der Waals surface area contributed by atoms with Crippen LogP contribution in [-0.4, -0.2) is 20.0 Å². The summed E-state index contributed by atoms with van der Waals surface area (Å²) in [6.45, 7) is -3.29. The Morgan fingerprint density at radius 1 is 1.03 bits per heavy atom. The highest BCUT2D eigenvalue weighted by atomic mass is 32.2. The summed E-state index contributed by atoms with van der Waals surface area (Å²) in [6.07, 6.45) is 1.37. The minimum Gasteiger partial charge on any atom is -0.439 e. The molecule has 0 amide bonds. The third-order valence-electron chi connectivity index (χ3n) is 3.64. The van der Waals surface area contributed by atoms with Crippen molar-refractivity contribution in [2.24, 2.45) is 0 Å². The number of ether oxygens (including phenoxy) is 2. The molecule has 3 rings (SSSR count). The van der Waals surface area contributed by atoms with Gasteiger partial charge in [-0.25, -0.2) is 22.5 Å². The van der Waals surface area contributed by atoms with Gasteiger partial charge >= 0.3 is 6.61 Å². The van der Waals surface area contributed by atoms with E-state index >= 15 is 0 Å². The predicted octanol–water partition coefficient (Wildman–Crippen LogP) is 4.09. The molecule has 1 aromatic heterocycles. The number of sulfonamides is 1. The molecule has 1 N–H and O–H groups in total. The molecule has 152 valence electrons. The fourth-order valence-electron chi connectivity index (χ4n) is 2.35. The van der Waals surface area contributed by atoms with Gasteiger partial charge in [0.2, 0.25) is 15.9 Å². The highest BCUT2D eigenvalue weighted by molar-refractivity contribution is 7.89. The number of hydrogen-bond acceptors (Lipinski definition) is 5. The predicted molar refractivity (Wildman–Crippen MR) is 97.8 cm³/mol. The molecule has 0 bridgehead atoms. The van der Waals surface area contributed by atoms with Crippen molar-refractivity contribution in [1.29, 1.82) is 0 Å². The molecule has 6 nitrogen and oxygen atoms in total. The van der Waals surface area contributed by atoms with Crippen LogP contribution in [0.25, 0.3) is 0 Å². The maximum atomic E-state index is 13.2. The van der Waals surface area contributed by atoms with Gasteiger partial charge in [-0.15, -0.1) is 0 Å². The van der Waals surface area contributed by atoms with Gasteiger partial charge in [0, 0.05) is 24.9 Å². The first-order valence-corrected chi connectivity index (χ1v) is 9.74. The molecule has 0 spiro atoms. The van der Waals surface area contributed by atoms with Gasteiger partial charge < -0.3 is 9.47 Å². The van der Waals surface area contributed by atoms with Gasteiger partial charge in [0.1, 0.15) is 22.2 Å². The summed E-state index contributed by atoms with van der Waals surface area (Å²) in [5.41, 5.74) is 0.493. The van der Waals surface area contributed by atoms with Gasteiger partial charge in [0.05, 0.1) is 0 Å². The molecular formula is C19H15F3N2O4S. The Bertz CT molecular complexity index is 1080. The van der Waals surface area contributed by atoms with Crippen LogP contribution in [0.3, 0.4) is 0 Å². The highest BCUT2D eigenvalue weighted by Gasteiger charge is 2.21. The topological polar surface area (TPSA) is 77.5 Å². The minimum absolute atomic E-state index is 0.140. The number of nitrogens with zero attached hydrogens (tertiary/aromatic N) is 1. The molecule has 0 atom stereocenters. The van der Waals surface area contributed by atoms with Gasteiger partial charge in [0.15, 0.2) is 0 Å². The summed E-state index contributed by atoms with van der Waals surface area (Å²) in [4.78, 5) is 3.63. The molecule has 1 heterocycles. The van der Waals surface area contributed by atoms with Crippen molar-refractivity contribution < 1.29 is 31.1 Å². The van der Waals surface area contributed by atoms with Crippen LogP contribution in [0.1, 0.15) is 5.56 Å². The molecule has 0 saturated heterocycles. The lowest BCUT2D eigenvalue weighted by atomic mass is 10.3. The smallest absolute Gasteiger partial charge is 0.387 e. The average molecular weight is 424 g/mol. The molecule has 0 unspecified atom stereocenters. The normalized spacial score (nSPS) is 11.4. The van der Waals surface area contributed by atoms with E-state index in [0.29, 0.717) is 5.56 Å². The Kier molecular flexibility index (Phi) is 6.35. The third kappa shape index (κ3) is 5.69. The van der Waals surface area contributed by atoms with Crippen molar-refractivity contribution in [3.8, 4) is 17.4 Å². The maximum absolute atomic E-state index is 13.2. The van der Waals surface area contributed by atoms with Crippen LogP contribution < -0.4 is 14.2 Å². The van der Waals surface area contributed by atoms with Crippen molar-refractivity contribution in [2.75, 3.05) is 0 Å². The van der Waals surface area contributed by atoms with Crippen molar-refractivity contribution in [2.45, 2.75) is 18.1 Å². The Balaban J connectivity index is 1.67. The molecular weight excluding hydrogens is 409 g/mol. The van der Waals surface area contributed by atoms with E-state index in [1.54, 1.807) is 12.1 Å². The van der Waals surface area contributed by atoms with Crippen molar-refractivity contribution in [3.63, 3.8) is 0 Å². The Hall–Kier alpha value is -3.11. The number of benzene rings is 2. The van der Waals surface area contributed by atoms with Crippen molar-refractivity contribution in [3.05, 3.63) is 78.2 Å². The minimum atomic E-state index is -4.11. The van der Waals surface area contributed by atoms with E-state index in [9.17, 15) is 21.6 Å². The average Bonchev–Trinajstić information content (AvgIpc) is 2.67. The molecule has 0 radical (unpaired) electrons. The summed E-state index contributed by atoms with van der Waals surface area (Å²) in [6, 6.07) is 13.7. The first-order chi connectivity index (χ1) is 13.8. The van der Waals surface area contributed by atoms with E-state index in [0.717, 1.165) is 12.1 Å².